The second-order valence-corrected chi connectivity index (χ2v) is 3.85. The van der Waals surface area contributed by atoms with Gasteiger partial charge in [0.15, 0.2) is 0 Å². The summed E-state index contributed by atoms with van der Waals surface area (Å²) in [7, 11) is 0. The van der Waals surface area contributed by atoms with Gasteiger partial charge in [-0.3, -0.25) is 4.79 Å². The van der Waals surface area contributed by atoms with Crippen LogP contribution in [0.5, 0.6) is 5.75 Å². The van der Waals surface area contributed by atoms with Crippen LogP contribution in [0.25, 0.3) is 0 Å². The first-order valence-electron chi connectivity index (χ1n) is 4.46. The second kappa shape index (κ2) is 3.50. The molecule has 1 saturated carbocycles. The molecule has 0 aliphatic heterocycles. The van der Waals surface area contributed by atoms with Crippen LogP contribution in [-0.4, -0.2) is 17.1 Å². The lowest BCUT2D eigenvalue weighted by molar-refractivity contribution is 0.0948. The first-order chi connectivity index (χ1) is 6.66. The fraction of sp³-hybridized carbons (Fsp3) is 0.300. The van der Waals surface area contributed by atoms with E-state index in [1.165, 1.54) is 12.1 Å². The number of phenols is 1. The van der Waals surface area contributed by atoms with Gasteiger partial charge in [0.05, 0.1) is 5.56 Å². The van der Waals surface area contributed by atoms with E-state index in [1.54, 1.807) is 6.07 Å². The van der Waals surface area contributed by atoms with E-state index in [9.17, 15) is 9.90 Å². The van der Waals surface area contributed by atoms with Gasteiger partial charge in [-0.25, -0.2) is 0 Å². The third kappa shape index (κ3) is 1.99. The Bertz CT molecular complexity index is 374. The van der Waals surface area contributed by atoms with Crippen LogP contribution in [0.2, 0.25) is 5.02 Å². The Balaban J connectivity index is 2.20. The molecule has 0 atom stereocenters. The summed E-state index contributed by atoms with van der Waals surface area (Å²) in [5, 5.41) is 12.6. The van der Waals surface area contributed by atoms with Gasteiger partial charge in [0.1, 0.15) is 5.75 Å². The summed E-state index contributed by atoms with van der Waals surface area (Å²) in [5.41, 5.74) is 0.240. The second-order valence-electron chi connectivity index (χ2n) is 3.41. The van der Waals surface area contributed by atoms with Crippen molar-refractivity contribution in [2.24, 2.45) is 0 Å². The fourth-order valence-electron chi connectivity index (χ4n) is 1.18. The highest BCUT2D eigenvalue weighted by molar-refractivity contribution is 6.31. The predicted molar refractivity (Wildman–Crippen MR) is 53.6 cm³/mol. The van der Waals surface area contributed by atoms with Gasteiger partial charge in [-0.05, 0) is 31.0 Å². The van der Waals surface area contributed by atoms with Crippen molar-refractivity contribution in [3.63, 3.8) is 0 Å². The summed E-state index contributed by atoms with van der Waals surface area (Å²) in [6.07, 6.45) is 2.04. The quantitative estimate of drug-likeness (QED) is 0.786. The van der Waals surface area contributed by atoms with Gasteiger partial charge < -0.3 is 10.4 Å². The maximum atomic E-state index is 11.5. The van der Waals surface area contributed by atoms with Crippen LogP contribution in [0.3, 0.4) is 0 Å². The molecule has 0 bridgehead atoms. The summed E-state index contributed by atoms with van der Waals surface area (Å²) >= 11 is 5.72. The highest BCUT2D eigenvalue weighted by Crippen LogP contribution is 2.24. The Hall–Kier alpha value is -1.22. The van der Waals surface area contributed by atoms with Crippen molar-refractivity contribution in [2.45, 2.75) is 18.9 Å². The molecule has 74 valence electrons. The van der Waals surface area contributed by atoms with E-state index >= 15 is 0 Å². The molecule has 0 saturated heterocycles. The molecule has 1 fully saturated rings. The van der Waals surface area contributed by atoms with Crippen molar-refractivity contribution >= 4 is 17.5 Å². The number of hydrogen-bond donors (Lipinski definition) is 2. The van der Waals surface area contributed by atoms with Crippen LogP contribution in [0.1, 0.15) is 23.2 Å². The van der Waals surface area contributed by atoms with Crippen LogP contribution in [0.4, 0.5) is 0 Å². The highest BCUT2D eigenvalue weighted by atomic mass is 35.5. The number of carbonyl (C=O) groups excluding carboxylic acids is 1. The molecule has 2 rings (SSSR count). The normalized spacial score (nSPS) is 15.2. The molecule has 3 nitrogen and oxygen atoms in total. The summed E-state index contributed by atoms with van der Waals surface area (Å²) in [4.78, 5) is 11.5. The van der Waals surface area contributed by atoms with Crippen molar-refractivity contribution < 1.29 is 9.90 Å². The molecule has 4 heteroatoms. The average molecular weight is 212 g/mol. The lowest BCUT2D eigenvalue weighted by atomic mass is 10.2. The van der Waals surface area contributed by atoms with E-state index < -0.39 is 0 Å². The number of phenolic OH excluding ortho intramolecular Hbond substituents is 1. The Labute approximate surface area is 86.7 Å². The van der Waals surface area contributed by atoms with E-state index in [1.807, 2.05) is 0 Å². The fourth-order valence-corrected chi connectivity index (χ4v) is 1.35. The summed E-state index contributed by atoms with van der Waals surface area (Å²) in [5.74, 6) is -0.292. The van der Waals surface area contributed by atoms with Crippen molar-refractivity contribution in [1.82, 2.24) is 5.32 Å². The molecule has 2 N–H and O–H groups in total. The summed E-state index contributed by atoms with van der Waals surface area (Å²) < 4.78 is 0. The highest BCUT2D eigenvalue weighted by Gasteiger charge is 2.24. The zero-order chi connectivity index (χ0) is 10.1. The minimum Gasteiger partial charge on any atom is -0.507 e. The molecule has 0 heterocycles. The Morgan fingerprint density at radius 1 is 1.50 bits per heavy atom. The number of amides is 1. The first kappa shape index (κ1) is 9.34. The zero-order valence-electron chi connectivity index (χ0n) is 7.46. The average Bonchev–Trinajstić information content (AvgIpc) is 2.93. The SMILES string of the molecule is O=C(NC1CC1)c1cc(Cl)ccc1O. The number of rotatable bonds is 2. The Morgan fingerprint density at radius 3 is 2.86 bits per heavy atom. The molecule has 0 spiro atoms. The van der Waals surface area contributed by atoms with Crippen molar-refractivity contribution in [2.75, 3.05) is 0 Å². The number of halogens is 1. The van der Waals surface area contributed by atoms with E-state index in [2.05, 4.69) is 5.32 Å². The van der Waals surface area contributed by atoms with Crippen LogP contribution in [0.15, 0.2) is 18.2 Å². The van der Waals surface area contributed by atoms with Gasteiger partial charge in [0, 0.05) is 11.1 Å². The maximum absolute atomic E-state index is 11.5. The number of carbonyl (C=O) groups is 1. The van der Waals surface area contributed by atoms with Crippen LogP contribution in [-0.2, 0) is 0 Å². The molecule has 0 radical (unpaired) electrons. The van der Waals surface area contributed by atoms with Gasteiger partial charge in [-0.1, -0.05) is 11.6 Å². The minimum absolute atomic E-state index is 0.0347. The van der Waals surface area contributed by atoms with Crippen LogP contribution >= 0.6 is 11.6 Å². The monoisotopic (exact) mass is 211 g/mol. The van der Waals surface area contributed by atoms with Gasteiger partial charge >= 0.3 is 0 Å². The topological polar surface area (TPSA) is 49.3 Å². The van der Waals surface area contributed by atoms with Crippen molar-refractivity contribution in [3.8, 4) is 5.75 Å². The van der Waals surface area contributed by atoms with Gasteiger partial charge in [-0.2, -0.15) is 0 Å². The standard InChI is InChI=1S/C10H10ClNO2/c11-6-1-4-9(13)8(5-6)10(14)12-7-2-3-7/h1,4-5,7,13H,2-3H2,(H,12,14). The maximum Gasteiger partial charge on any atom is 0.255 e. The van der Waals surface area contributed by atoms with Crippen LogP contribution in [0, 0.1) is 0 Å². The zero-order valence-corrected chi connectivity index (χ0v) is 8.21. The van der Waals surface area contributed by atoms with E-state index in [-0.39, 0.29) is 23.3 Å². The van der Waals surface area contributed by atoms with Crippen LogP contribution < -0.4 is 5.32 Å². The number of aromatic hydroxyl groups is 1. The molecular formula is C10H10ClNO2. The number of nitrogens with one attached hydrogen (secondary N) is 1. The number of benzene rings is 1. The third-order valence-corrected chi connectivity index (χ3v) is 2.35. The molecule has 1 aromatic carbocycles. The Morgan fingerprint density at radius 2 is 2.21 bits per heavy atom. The lowest BCUT2D eigenvalue weighted by Gasteiger charge is -2.05. The first-order valence-corrected chi connectivity index (χ1v) is 4.84. The smallest absolute Gasteiger partial charge is 0.255 e. The van der Waals surface area contributed by atoms with E-state index in [0.717, 1.165) is 12.8 Å². The molecule has 1 aliphatic carbocycles. The summed E-state index contributed by atoms with van der Waals surface area (Å²) in [6, 6.07) is 4.71. The van der Waals surface area contributed by atoms with Gasteiger partial charge in [0.25, 0.3) is 5.91 Å². The molecular weight excluding hydrogens is 202 g/mol. The molecule has 1 amide bonds. The van der Waals surface area contributed by atoms with E-state index in [4.69, 9.17) is 11.6 Å². The Kier molecular flexibility index (Phi) is 2.33. The summed E-state index contributed by atoms with van der Waals surface area (Å²) in [6.45, 7) is 0. The predicted octanol–water partition coefficient (Wildman–Crippen LogP) is 1.94. The minimum atomic E-state index is -0.257. The molecule has 1 aromatic rings. The van der Waals surface area contributed by atoms with Gasteiger partial charge in [0.2, 0.25) is 0 Å². The van der Waals surface area contributed by atoms with Crippen molar-refractivity contribution in [1.29, 1.82) is 0 Å². The molecule has 0 unspecified atom stereocenters. The van der Waals surface area contributed by atoms with Crippen molar-refractivity contribution in [3.05, 3.63) is 28.8 Å². The van der Waals surface area contributed by atoms with Gasteiger partial charge in [-0.15, -0.1) is 0 Å². The van der Waals surface area contributed by atoms with E-state index in [0.29, 0.717) is 5.02 Å². The number of hydrogen-bond acceptors (Lipinski definition) is 2. The largest absolute Gasteiger partial charge is 0.507 e. The third-order valence-electron chi connectivity index (χ3n) is 2.12. The molecule has 0 aromatic heterocycles. The lowest BCUT2D eigenvalue weighted by Crippen LogP contribution is -2.25. The molecule has 14 heavy (non-hydrogen) atoms. The molecule has 1 aliphatic rings.